The number of aromatic amines is 1. The summed E-state index contributed by atoms with van der Waals surface area (Å²) in [6, 6.07) is 16.1. The van der Waals surface area contributed by atoms with Crippen LogP contribution in [-0.4, -0.2) is 33.2 Å². The van der Waals surface area contributed by atoms with Crippen LogP contribution < -0.4 is 0 Å². The minimum absolute atomic E-state index is 0.716. The Kier molecular flexibility index (Phi) is 4.32. The van der Waals surface area contributed by atoms with Crippen molar-refractivity contribution in [2.45, 2.75) is 19.4 Å². The number of nitrogens with one attached hydrogen (secondary N) is 1. The Balaban J connectivity index is 1.56. The Hall–Kier alpha value is -2.17. The minimum Gasteiger partial charge on any atom is -0.299 e. The summed E-state index contributed by atoms with van der Waals surface area (Å²) in [6.07, 6.45) is 2.62. The van der Waals surface area contributed by atoms with E-state index in [1.807, 2.05) is 24.3 Å². The fourth-order valence-corrected chi connectivity index (χ4v) is 3.26. The Morgan fingerprint density at radius 2 is 1.79 bits per heavy atom. The largest absolute Gasteiger partial charge is 0.299 e. The standard InChI is InChI=1S/C19H19ClN4/c20-17-8-6-15(7-9-17)18-21-19(23-22-18)16-5-3-4-14(12-16)13-24-10-1-2-11-24/h3-9,12H,1-2,10-11,13H2,(H,21,22,23). The molecular weight excluding hydrogens is 320 g/mol. The first kappa shape index (κ1) is 15.4. The lowest BCUT2D eigenvalue weighted by Crippen LogP contribution is -2.18. The van der Waals surface area contributed by atoms with Gasteiger partial charge in [-0.2, -0.15) is 5.10 Å². The fraction of sp³-hybridized carbons (Fsp3) is 0.263. The molecule has 0 unspecified atom stereocenters. The van der Waals surface area contributed by atoms with Crippen molar-refractivity contribution in [3.63, 3.8) is 0 Å². The monoisotopic (exact) mass is 338 g/mol. The van der Waals surface area contributed by atoms with Crippen LogP contribution in [0.3, 0.4) is 0 Å². The van der Waals surface area contributed by atoms with E-state index in [0.717, 1.165) is 29.3 Å². The third-order valence-electron chi connectivity index (χ3n) is 4.39. The number of likely N-dealkylation sites (tertiary alicyclic amines) is 1. The third kappa shape index (κ3) is 3.35. The van der Waals surface area contributed by atoms with E-state index in [2.05, 4.69) is 44.3 Å². The molecule has 5 heteroatoms. The molecule has 1 N–H and O–H groups in total. The average molecular weight is 339 g/mol. The molecule has 4 nitrogen and oxygen atoms in total. The van der Waals surface area contributed by atoms with Gasteiger partial charge in [-0.25, -0.2) is 4.98 Å². The molecule has 4 rings (SSSR count). The molecule has 0 atom stereocenters. The normalized spacial score (nSPS) is 15.0. The van der Waals surface area contributed by atoms with Crippen LogP contribution in [-0.2, 0) is 6.54 Å². The van der Waals surface area contributed by atoms with Gasteiger partial charge in [-0.1, -0.05) is 29.8 Å². The van der Waals surface area contributed by atoms with Crippen molar-refractivity contribution in [3.05, 3.63) is 59.1 Å². The lowest BCUT2D eigenvalue weighted by molar-refractivity contribution is 0.331. The van der Waals surface area contributed by atoms with Gasteiger partial charge in [0.25, 0.3) is 0 Å². The van der Waals surface area contributed by atoms with Gasteiger partial charge in [0.1, 0.15) is 0 Å². The van der Waals surface area contributed by atoms with Crippen LogP contribution in [0.2, 0.25) is 5.02 Å². The van der Waals surface area contributed by atoms with Gasteiger partial charge < -0.3 is 0 Å². The number of H-pyrrole nitrogens is 1. The maximum atomic E-state index is 5.94. The number of aromatic nitrogens is 3. The number of benzene rings is 2. The molecule has 0 radical (unpaired) electrons. The van der Waals surface area contributed by atoms with Crippen molar-refractivity contribution in [3.8, 4) is 22.8 Å². The summed E-state index contributed by atoms with van der Waals surface area (Å²) in [4.78, 5) is 7.13. The zero-order chi connectivity index (χ0) is 16.4. The first-order chi connectivity index (χ1) is 11.8. The predicted octanol–water partition coefficient (Wildman–Crippen LogP) is 4.39. The van der Waals surface area contributed by atoms with Crippen molar-refractivity contribution in [1.82, 2.24) is 20.1 Å². The summed E-state index contributed by atoms with van der Waals surface area (Å²) < 4.78 is 0. The van der Waals surface area contributed by atoms with Gasteiger partial charge in [0.2, 0.25) is 0 Å². The summed E-state index contributed by atoms with van der Waals surface area (Å²) in [5, 5.41) is 8.11. The van der Waals surface area contributed by atoms with E-state index >= 15 is 0 Å². The van der Waals surface area contributed by atoms with E-state index in [1.54, 1.807) is 0 Å². The van der Waals surface area contributed by atoms with Gasteiger partial charge in [-0.3, -0.25) is 10.00 Å². The Morgan fingerprint density at radius 1 is 1.00 bits per heavy atom. The zero-order valence-corrected chi connectivity index (χ0v) is 14.1. The van der Waals surface area contributed by atoms with Crippen molar-refractivity contribution in [2.24, 2.45) is 0 Å². The van der Waals surface area contributed by atoms with Crippen LogP contribution >= 0.6 is 11.6 Å². The summed E-state index contributed by atoms with van der Waals surface area (Å²) in [7, 11) is 0. The second-order valence-corrected chi connectivity index (χ2v) is 6.63. The highest BCUT2D eigenvalue weighted by molar-refractivity contribution is 6.30. The number of halogens is 1. The molecule has 0 saturated carbocycles. The lowest BCUT2D eigenvalue weighted by atomic mass is 10.1. The number of rotatable bonds is 4. The number of nitrogens with zero attached hydrogens (tertiary/aromatic N) is 3. The van der Waals surface area contributed by atoms with Crippen molar-refractivity contribution in [1.29, 1.82) is 0 Å². The molecule has 24 heavy (non-hydrogen) atoms. The molecular formula is C19H19ClN4. The first-order valence-corrected chi connectivity index (χ1v) is 8.66. The summed E-state index contributed by atoms with van der Waals surface area (Å²) in [5.74, 6) is 1.48. The van der Waals surface area contributed by atoms with Crippen LogP contribution in [0.4, 0.5) is 0 Å². The Bertz CT molecular complexity index is 819. The van der Waals surface area contributed by atoms with Crippen LogP contribution in [0.1, 0.15) is 18.4 Å². The predicted molar refractivity (Wildman–Crippen MR) is 96.8 cm³/mol. The zero-order valence-electron chi connectivity index (χ0n) is 13.4. The number of hydrogen-bond acceptors (Lipinski definition) is 3. The van der Waals surface area contributed by atoms with Crippen LogP contribution in [0, 0.1) is 0 Å². The molecule has 2 aromatic carbocycles. The van der Waals surface area contributed by atoms with Crippen molar-refractivity contribution in [2.75, 3.05) is 13.1 Å². The maximum Gasteiger partial charge on any atom is 0.181 e. The van der Waals surface area contributed by atoms with Gasteiger partial charge in [-0.15, -0.1) is 0 Å². The SMILES string of the molecule is Clc1ccc(-c2nc(-c3cccc(CN4CCCC4)c3)n[nH]2)cc1. The van der Waals surface area contributed by atoms with E-state index in [9.17, 15) is 0 Å². The van der Waals surface area contributed by atoms with E-state index < -0.39 is 0 Å². The molecule has 1 aromatic heterocycles. The summed E-state index contributed by atoms with van der Waals surface area (Å²) in [5.41, 5.74) is 3.33. The Morgan fingerprint density at radius 3 is 2.58 bits per heavy atom. The van der Waals surface area contributed by atoms with Crippen molar-refractivity contribution < 1.29 is 0 Å². The molecule has 3 aromatic rings. The lowest BCUT2D eigenvalue weighted by Gasteiger charge is -2.14. The minimum atomic E-state index is 0.716. The molecule has 0 amide bonds. The maximum absolute atomic E-state index is 5.94. The average Bonchev–Trinajstić information content (AvgIpc) is 3.28. The molecule has 122 valence electrons. The van der Waals surface area contributed by atoms with E-state index in [1.165, 1.54) is 31.5 Å². The van der Waals surface area contributed by atoms with Crippen LogP contribution in [0.25, 0.3) is 22.8 Å². The Labute approximate surface area is 146 Å². The first-order valence-electron chi connectivity index (χ1n) is 8.28. The van der Waals surface area contributed by atoms with Gasteiger partial charge >= 0.3 is 0 Å². The van der Waals surface area contributed by atoms with Gasteiger partial charge in [-0.05, 0) is 61.8 Å². The van der Waals surface area contributed by atoms with E-state index in [4.69, 9.17) is 11.6 Å². The third-order valence-corrected chi connectivity index (χ3v) is 4.65. The highest BCUT2D eigenvalue weighted by atomic mass is 35.5. The van der Waals surface area contributed by atoms with Gasteiger partial charge in [0.05, 0.1) is 0 Å². The smallest absolute Gasteiger partial charge is 0.181 e. The van der Waals surface area contributed by atoms with Gasteiger partial charge in [0.15, 0.2) is 11.6 Å². The molecule has 1 saturated heterocycles. The highest BCUT2D eigenvalue weighted by Gasteiger charge is 2.13. The second kappa shape index (κ2) is 6.75. The van der Waals surface area contributed by atoms with Crippen LogP contribution in [0.5, 0.6) is 0 Å². The molecule has 1 aliphatic heterocycles. The topological polar surface area (TPSA) is 44.8 Å². The number of hydrogen-bond donors (Lipinski definition) is 1. The quantitative estimate of drug-likeness (QED) is 0.767. The molecule has 0 aliphatic carbocycles. The molecule has 1 fully saturated rings. The van der Waals surface area contributed by atoms with Gasteiger partial charge in [0, 0.05) is 22.7 Å². The van der Waals surface area contributed by atoms with E-state index in [-0.39, 0.29) is 0 Å². The molecule has 0 spiro atoms. The molecule has 1 aliphatic rings. The summed E-state index contributed by atoms with van der Waals surface area (Å²) >= 11 is 5.94. The summed E-state index contributed by atoms with van der Waals surface area (Å²) in [6.45, 7) is 3.40. The van der Waals surface area contributed by atoms with Crippen LogP contribution in [0.15, 0.2) is 48.5 Å². The van der Waals surface area contributed by atoms with E-state index in [0.29, 0.717) is 5.02 Å². The molecule has 0 bridgehead atoms. The second-order valence-electron chi connectivity index (χ2n) is 6.20. The van der Waals surface area contributed by atoms with Crippen molar-refractivity contribution >= 4 is 11.6 Å². The molecule has 2 heterocycles. The fourth-order valence-electron chi connectivity index (χ4n) is 3.14. The highest BCUT2D eigenvalue weighted by Crippen LogP contribution is 2.23.